The summed E-state index contributed by atoms with van der Waals surface area (Å²) in [5.74, 6) is 1.27. The molecule has 0 atom stereocenters. The van der Waals surface area contributed by atoms with E-state index < -0.39 is 0 Å². The van der Waals surface area contributed by atoms with Crippen LogP contribution in [0.4, 0.5) is 0 Å². The van der Waals surface area contributed by atoms with E-state index in [1.165, 1.54) is 16.5 Å². The second-order valence-electron chi connectivity index (χ2n) is 7.79. The Morgan fingerprint density at radius 2 is 1.76 bits per heavy atom. The molecular weight excluding hydrogens is 360 g/mol. The van der Waals surface area contributed by atoms with Gasteiger partial charge in [0.05, 0.1) is 12.2 Å². The van der Waals surface area contributed by atoms with E-state index in [0.29, 0.717) is 23.8 Å². The van der Waals surface area contributed by atoms with E-state index in [1.54, 1.807) is 0 Å². The fourth-order valence-corrected chi connectivity index (χ4v) is 4.52. The number of carbonyl (C=O) groups excluding carboxylic acids is 1. The van der Waals surface area contributed by atoms with Crippen LogP contribution in [0.5, 0.6) is 5.75 Å². The number of ether oxygens (including phenoxy) is 1. The van der Waals surface area contributed by atoms with Crippen molar-refractivity contribution in [2.24, 2.45) is 0 Å². The van der Waals surface area contributed by atoms with Gasteiger partial charge in [-0.15, -0.1) is 0 Å². The van der Waals surface area contributed by atoms with Gasteiger partial charge in [0.1, 0.15) is 5.75 Å². The van der Waals surface area contributed by atoms with Gasteiger partial charge in [0.2, 0.25) is 0 Å². The van der Waals surface area contributed by atoms with Crippen LogP contribution in [0.3, 0.4) is 0 Å². The third kappa shape index (κ3) is 3.89. The number of aryl methyl sites for hydroxylation is 1. The number of amides is 1. The number of aromatic nitrogens is 1. The van der Waals surface area contributed by atoms with Crippen molar-refractivity contribution in [1.29, 1.82) is 0 Å². The predicted molar refractivity (Wildman–Crippen MR) is 118 cm³/mol. The SMILES string of the molecule is CCCn1cc(C2CCN(C(=O)c3ccccc3OCC)CC2)c2ccccc21. The number of nitrogens with zero attached hydrogens (tertiary/aromatic N) is 2. The Kier molecular flexibility index (Phi) is 5.89. The number of hydrogen-bond donors (Lipinski definition) is 0. The molecule has 0 spiro atoms. The van der Waals surface area contributed by atoms with Gasteiger partial charge in [-0.2, -0.15) is 0 Å². The zero-order valence-corrected chi connectivity index (χ0v) is 17.4. The number of carbonyl (C=O) groups is 1. The van der Waals surface area contributed by atoms with Gasteiger partial charge in [-0.3, -0.25) is 4.79 Å². The van der Waals surface area contributed by atoms with Crippen molar-refractivity contribution in [2.75, 3.05) is 19.7 Å². The monoisotopic (exact) mass is 390 g/mol. The topological polar surface area (TPSA) is 34.5 Å². The van der Waals surface area contributed by atoms with E-state index in [0.717, 1.165) is 38.9 Å². The summed E-state index contributed by atoms with van der Waals surface area (Å²) >= 11 is 0. The van der Waals surface area contributed by atoms with Crippen LogP contribution in [-0.4, -0.2) is 35.1 Å². The van der Waals surface area contributed by atoms with Crippen LogP contribution in [0, 0.1) is 0 Å². The Bertz CT molecular complexity index is 983. The number of piperidine rings is 1. The number of rotatable bonds is 6. The molecule has 1 aliphatic rings. The minimum absolute atomic E-state index is 0.0842. The molecule has 4 heteroatoms. The van der Waals surface area contributed by atoms with Crippen LogP contribution in [0.15, 0.2) is 54.7 Å². The number of para-hydroxylation sites is 2. The van der Waals surface area contributed by atoms with Gasteiger partial charge in [0, 0.05) is 36.7 Å². The van der Waals surface area contributed by atoms with Crippen molar-refractivity contribution in [1.82, 2.24) is 9.47 Å². The van der Waals surface area contributed by atoms with E-state index in [1.807, 2.05) is 36.1 Å². The van der Waals surface area contributed by atoms with Gasteiger partial charge in [0.25, 0.3) is 5.91 Å². The largest absolute Gasteiger partial charge is 0.493 e. The molecule has 0 aliphatic carbocycles. The number of fused-ring (bicyclic) bond motifs is 1. The predicted octanol–water partition coefficient (Wildman–Crippen LogP) is 5.47. The van der Waals surface area contributed by atoms with Crippen LogP contribution in [0.2, 0.25) is 0 Å². The molecule has 152 valence electrons. The second-order valence-corrected chi connectivity index (χ2v) is 7.79. The first kappa shape index (κ1) is 19.6. The van der Waals surface area contributed by atoms with E-state index >= 15 is 0 Å². The average molecular weight is 391 g/mol. The summed E-state index contributed by atoms with van der Waals surface area (Å²) in [4.78, 5) is 15.1. The first-order valence-electron chi connectivity index (χ1n) is 10.8. The summed E-state index contributed by atoms with van der Waals surface area (Å²) in [7, 11) is 0. The van der Waals surface area contributed by atoms with Crippen molar-refractivity contribution in [3.8, 4) is 5.75 Å². The number of likely N-dealkylation sites (tertiary alicyclic amines) is 1. The Labute approximate surface area is 173 Å². The molecular formula is C25H30N2O2. The quantitative estimate of drug-likeness (QED) is 0.559. The zero-order chi connectivity index (χ0) is 20.2. The molecule has 2 aromatic carbocycles. The Morgan fingerprint density at radius 1 is 1.03 bits per heavy atom. The summed E-state index contributed by atoms with van der Waals surface area (Å²) in [6.07, 6.45) is 5.48. The molecule has 0 bridgehead atoms. The smallest absolute Gasteiger partial charge is 0.257 e. The molecule has 1 saturated heterocycles. The molecule has 29 heavy (non-hydrogen) atoms. The van der Waals surface area contributed by atoms with Crippen LogP contribution in [0.25, 0.3) is 10.9 Å². The van der Waals surface area contributed by atoms with Crippen LogP contribution in [-0.2, 0) is 6.54 Å². The highest BCUT2D eigenvalue weighted by Crippen LogP contribution is 2.35. The highest BCUT2D eigenvalue weighted by atomic mass is 16.5. The fraction of sp³-hybridized carbons (Fsp3) is 0.400. The normalized spacial score (nSPS) is 15.0. The molecule has 2 heterocycles. The molecule has 0 unspecified atom stereocenters. The van der Waals surface area contributed by atoms with Gasteiger partial charge >= 0.3 is 0 Å². The van der Waals surface area contributed by atoms with Crippen LogP contribution < -0.4 is 4.74 Å². The minimum Gasteiger partial charge on any atom is -0.493 e. The molecule has 0 N–H and O–H groups in total. The summed E-state index contributed by atoms with van der Waals surface area (Å²) in [6.45, 7) is 7.36. The molecule has 4 nitrogen and oxygen atoms in total. The minimum atomic E-state index is 0.0842. The van der Waals surface area contributed by atoms with E-state index in [9.17, 15) is 4.79 Å². The maximum absolute atomic E-state index is 13.1. The second kappa shape index (κ2) is 8.73. The lowest BCUT2D eigenvalue weighted by atomic mass is 9.89. The van der Waals surface area contributed by atoms with Gasteiger partial charge in [-0.05, 0) is 55.9 Å². The highest BCUT2D eigenvalue weighted by Gasteiger charge is 2.27. The first-order chi connectivity index (χ1) is 14.2. The molecule has 1 amide bonds. The van der Waals surface area contributed by atoms with Gasteiger partial charge in [-0.1, -0.05) is 37.3 Å². The summed E-state index contributed by atoms with van der Waals surface area (Å²) in [6, 6.07) is 16.3. The number of benzene rings is 2. The zero-order valence-electron chi connectivity index (χ0n) is 17.4. The Morgan fingerprint density at radius 3 is 2.52 bits per heavy atom. The van der Waals surface area contributed by atoms with Crippen molar-refractivity contribution >= 4 is 16.8 Å². The standard InChI is InChI=1S/C25H30N2O2/c1-3-15-27-18-22(20-9-5-7-11-23(20)27)19-13-16-26(17-14-19)25(28)21-10-6-8-12-24(21)29-4-2/h5-12,18-19H,3-4,13-17H2,1-2H3. The lowest BCUT2D eigenvalue weighted by molar-refractivity contribution is 0.0709. The molecule has 3 aromatic rings. The fourth-order valence-electron chi connectivity index (χ4n) is 4.52. The summed E-state index contributed by atoms with van der Waals surface area (Å²) < 4.78 is 8.05. The van der Waals surface area contributed by atoms with Crippen molar-refractivity contribution in [3.63, 3.8) is 0 Å². The van der Waals surface area contributed by atoms with Crippen molar-refractivity contribution in [3.05, 3.63) is 65.9 Å². The molecule has 1 aromatic heterocycles. The molecule has 4 rings (SSSR count). The van der Waals surface area contributed by atoms with Crippen LogP contribution >= 0.6 is 0 Å². The van der Waals surface area contributed by atoms with E-state index in [-0.39, 0.29) is 5.91 Å². The lowest BCUT2D eigenvalue weighted by Gasteiger charge is -2.32. The lowest BCUT2D eigenvalue weighted by Crippen LogP contribution is -2.38. The van der Waals surface area contributed by atoms with Gasteiger partial charge < -0.3 is 14.2 Å². The van der Waals surface area contributed by atoms with Gasteiger partial charge in [0.15, 0.2) is 0 Å². The summed E-state index contributed by atoms with van der Waals surface area (Å²) in [5, 5.41) is 1.37. The molecule has 1 aliphatic heterocycles. The number of hydrogen-bond acceptors (Lipinski definition) is 2. The Balaban J connectivity index is 1.50. The third-order valence-corrected chi connectivity index (χ3v) is 5.92. The van der Waals surface area contributed by atoms with E-state index in [2.05, 4.69) is 42.0 Å². The maximum atomic E-state index is 13.1. The van der Waals surface area contributed by atoms with Crippen LogP contribution in [0.1, 0.15) is 54.9 Å². The van der Waals surface area contributed by atoms with E-state index in [4.69, 9.17) is 4.74 Å². The maximum Gasteiger partial charge on any atom is 0.257 e. The molecule has 0 saturated carbocycles. The van der Waals surface area contributed by atoms with Gasteiger partial charge in [-0.25, -0.2) is 0 Å². The van der Waals surface area contributed by atoms with Crippen molar-refractivity contribution in [2.45, 2.75) is 45.6 Å². The Hall–Kier alpha value is -2.75. The van der Waals surface area contributed by atoms with Crippen molar-refractivity contribution < 1.29 is 9.53 Å². The third-order valence-electron chi connectivity index (χ3n) is 5.92. The highest BCUT2D eigenvalue weighted by molar-refractivity contribution is 5.97. The molecule has 0 radical (unpaired) electrons. The summed E-state index contributed by atoms with van der Waals surface area (Å²) in [5.41, 5.74) is 3.44. The molecule has 1 fully saturated rings. The average Bonchev–Trinajstić information content (AvgIpc) is 3.13. The first-order valence-corrected chi connectivity index (χ1v) is 10.8.